The standard InChI is InChI=1S/C12H24N2O2/c1-11(2,3)16-10(15)14-8-9(13)6-7-12(14,4)5/h9H,6-8,13H2,1-5H3/t9-/m0/s1. The lowest BCUT2D eigenvalue weighted by molar-refractivity contribution is -0.00938. The maximum absolute atomic E-state index is 12.0. The Morgan fingerprint density at radius 2 is 2.00 bits per heavy atom. The van der Waals surface area contributed by atoms with Crippen molar-refractivity contribution in [1.29, 1.82) is 0 Å². The molecule has 0 aliphatic carbocycles. The number of hydrogen-bond donors (Lipinski definition) is 1. The predicted molar refractivity (Wildman–Crippen MR) is 64.2 cm³/mol. The summed E-state index contributed by atoms with van der Waals surface area (Å²) in [5, 5.41) is 0. The molecule has 0 aromatic heterocycles. The van der Waals surface area contributed by atoms with Crippen molar-refractivity contribution < 1.29 is 9.53 Å². The normalized spacial score (nSPS) is 25.4. The van der Waals surface area contributed by atoms with E-state index in [1.54, 1.807) is 4.90 Å². The van der Waals surface area contributed by atoms with Crippen molar-refractivity contribution in [2.24, 2.45) is 5.73 Å². The molecule has 0 saturated carbocycles. The summed E-state index contributed by atoms with van der Waals surface area (Å²) in [6.45, 7) is 10.3. The molecule has 0 radical (unpaired) electrons. The molecule has 4 nitrogen and oxygen atoms in total. The van der Waals surface area contributed by atoms with Crippen LogP contribution in [0, 0.1) is 0 Å². The van der Waals surface area contributed by atoms with Gasteiger partial charge in [0.25, 0.3) is 0 Å². The van der Waals surface area contributed by atoms with Gasteiger partial charge in [-0.25, -0.2) is 4.79 Å². The number of ether oxygens (including phenoxy) is 1. The fourth-order valence-electron chi connectivity index (χ4n) is 1.89. The highest BCUT2D eigenvalue weighted by atomic mass is 16.6. The highest BCUT2D eigenvalue weighted by Crippen LogP contribution is 2.28. The van der Waals surface area contributed by atoms with Crippen LogP contribution in [-0.2, 0) is 4.74 Å². The molecule has 94 valence electrons. The van der Waals surface area contributed by atoms with Crippen molar-refractivity contribution in [1.82, 2.24) is 4.90 Å². The molecule has 1 amide bonds. The van der Waals surface area contributed by atoms with Gasteiger partial charge in [-0.2, -0.15) is 0 Å². The second-order valence-electron chi connectivity index (χ2n) is 6.20. The smallest absolute Gasteiger partial charge is 0.410 e. The number of rotatable bonds is 0. The second-order valence-corrected chi connectivity index (χ2v) is 6.20. The quantitative estimate of drug-likeness (QED) is 0.691. The van der Waals surface area contributed by atoms with E-state index >= 15 is 0 Å². The van der Waals surface area contributed by atoms with Crippen LogP contribution in [0.1, 0.15) is 47.5 Å². The number of amides is 1. The van der Waals surface area contributed by atoms with E-state index < -0.39 is 5.60 Å². The van der Waals surface area contributed by atoms with E-state index in [0.29, 0.717) is 6.54 Å². The van der Waals surface area contributed by atoms with Gasteiger partial charge in [-0.15, -0.1) is 0 Å². The first-order valence-corrected chi connectivity index (χ1v) is 5.88. The predicted octanol–water partition coefficient (Wildman–Crippen LogP) is 2.12. The van der Waals surface area contributed by atoms with Crippen molar-refractivity contribution in [3.63, 3.8) is 0 Å². The summed E-state index contributed by atoms with van der Waals surface area (Å²) >= 11 is 0. The van der Waals surface area contributed by atoms with Gasteiger partial charge in [-0.1, -0.05) is 0 Å². The van der Waals surface area contributed by atoms with Crippen LogP contribution in [0.2, 0.25) is 0 Å². The highest BCUT2D eigenvalue weighted by molar-refractivity contribution is 5.69. The van der Waals surface area contributed by atoms with Gasteiger partial charge in [0.15, 0.2) is 0 Å². The molecular weight excluding hydrogens is 204 g/mol. The molecule has 1 atom stereocenters. The maximum Gasteiger partial charge on any atom is 0.410 e. The molecule has 1 saturated heterocycles. The minimum atomic E-state index is -0.450. The zero-order chi connectivity index (χ0) is 12.6. The maximum atomic E-state index is 12.0. The summed E-state index contributed by atoms with van der Waals surface area (Å²) in [6, 6.07) is 0.0699. The van der Waals surface area contributed by atoms with Crippen molar-refractivity contribution in [2.75, 3.05) is 6.54 Å². The number of nitrogens with zero attached hydrogens (tertiary/aromatic N) is 1. The lowest BCUT2D eigenvalue weighted by Gasteiger charge is -2.44. The number of hydrogen-bond acceptors (Lipinski definition) is 3. The summed E-state index contributed by atoms with van der Waals surface area (Å²) < 4.78 is 5.39. The third-order valence-corrected chi connectivity index (χ3v) is 2.89. The molecule has 16 heavy (non-hydrogen) atoms. The molecule has 0 spiro atoms. The Balaban J connectivity index is 2.72. The van der Waals surface area contributed by atoms with Gasteiger partial charge < -0.3 is 15.4 Å². The Labute approximate surface area is 98.1 Å². The molecule has 0 unspecified atom stereocenters. The van der Waals surface area contributed by atoms with Gasteiger partial charge in [0.1, 0.15) is 5.60 Å². The third kappa shape index (κ3) is 3.37. The Morgan fingerprint density at radius 3 is 2.50 bits per heavy atom. The van der Waals surface area contributed by atoms with Gasteiger partial charge in [-0.3, -0.25) is 0 Å². The summed E-state index contributed by atoms with van der Waals surface area (Å²) in [4.78, 5) is 13.8. The Morgan fingerprint density at radius 1 is 1.44 bits per heavy atom. The molecule has 1 aliphatic rings. The van der Waals surface area contributed by atoms with E-state index in [1.807, 2.05) is 20.8 Å². The number of carbonyl (C=O) groups excluding carboxylic acids is 1. The van der Waals surface area contributed by atoms with Crippen LogP contribution in [0.3, 0.4) is 0 Å². The lowest BCUT2D eigenvalue weighted by atomic mass is 9.89. The number of carbonyl (C=O) groups is 1. The molecule has 1 aliphatic heterocycles. The molecule has 0 aromatic carbocycles. The largest absolute Gasteiger partial charge is 0.444 e. The van der Waals surface area contributed by atoms with Gasteiger partial charge in [0.2, 0.25) is 0 Å². The summed E-state index contributed by atoms with van der Waals surface area (Å²) in [7, 11) is 0. The first-order chi connectivity index (χ1) is 7.12. The summed E-state index contributed by atoms with van der Waals surface area (Å²) in [5.41, 5.74) is 5.29. The monoisotopic (exact) mass is 228 g/mol. The topological polar surface area (TPSA) is 55.6 Å². The van der Waals surface area contributed by atoms with E-state index in [0.717, 1.165) is 12.8 Å². The van der Waals surface area contributed by atoms with Crippen molar-refractivity contribution >= 4 is 6.09 Å². The van der Waals surface area contributed by atoms with E-state index in [1.165, 1.54) is 0 Å². The number of piperidine rings is 1. The van der Waals surface area contributed by atoms with Crippen LogP contribution in [-0.4, -0.2) is 34.7 Å². The average Bonchev–Trinajstić information content (AvgIpc) is 2.06. The van der Waals surface area contributed by atoms with Crippen molar-refractivity contribution in [2.45, 2.75) is 64.6 Å². The zero-order valence-electron chi connectivity index (χ0n) is 11.0. The highest BCUT2D eigenvalue weighted by Gasteiger charge is 2.38. The van der Waals surface area contributed by atoms with Gasteiger partial charge in [0.05, 0.1) is 0 Å². The van der Waals surface area contributed by atoms with E-state index in [-0.39, 0.29) is 17.7 Å². The minimum absolute atomic E-state index is 0.0699. The SMILES string of the molecule is CC(C)(C)OC(=O)N1C[C@@H](N)CCC1(C)C. The fourth-order valence-corrected chi connectivity index (χ4v) is 1.89. The number of likely N-dealkylation sites (tertiary alicyclic amines) is 1. The second kappa shape index (κ2) is 4.24. The lowest BCUT2D eigenvalue weighted by Crippen LogP contribution is -2.57. The van der Waals surface area contributed by atoms with Crippen molar-refractivity contribution in [3.05, 3.63) is 0 Å². The third-order valence-electron chi connectivity index (χ3n) is 2.89. The van der Waals surface area contributed by atoms with Crippen molar-refractivity contribution in [3.8, 4) is 0 Å². The van der Waals surface area contributed by atoms with E-state index in [2.05, 4.69) is 13.8 Å². The van der Waals surface area contributed by atoms with Crippen LogP contribution in [0.25, 0.3) is 0 Å². The number of nitrogens with two attached hydrogens (primary N) is 1. The molecule has 2 N–H and O–H groups in total. The van der Waals surface area contributed by atoms with Crippen LogP contribution in [0.15, 0.2) is 0 Å². The van der Waals surface area contributed by atoms with Crippen LogP contribution in [0.4, 0.5) is 4.79 Å². The first-order valence-electron chi connectivity index (χ1n) is 5.88. The molecule has 1 rings (SSSR count). The molecule has 1 fully saturated rings. The molecule has 0 aromatic rings. The minimum Gasteiger partial charge on any atom is -0.444 e. The van der Waals surface area contributed by atoms with E-state index in [4.69, 9.17) is 10.5 Å². The van der Waals surface area contributed by atoms with Crippen LogP contribution < -0.4 is 5.73 Å². The van der Waals surface area contributed by atoms with E-state index in [9.17, 15) is 4.79 Å². The van der Waals surface area contributed by atoms with Crippen LogP contribution >= 0.6 is 0 Å². The zero-order valence-corrected chi connectivity index (χ0v) is 11.0. The van der Waals surface area contributed by atoms with Gasteiger partial charge in [0, 0.05) is 18.1 Å². The molecule has 4 heteroatoms. The average molecular weight is 228 g/mol. The molecule has 0 bridgehead atoms. The molecular formula is C12H24N2O2. The fraction of sp³-hybridized carbons (Fsp3) is 0.917. The Hall–Kier alpha value is -0.770. The molecule has 1 heterocycles. The van der Waals surface area contributed by atoms with Crippen LogP contribution in [0.5, 0.6) is 0 Å². The summed E-state index contributed by atoms with van der Waals surface area (Å²) in [6.07, 6.45) is 1.63. The van der Waals surface area contributed by atoms with Gasteiger partial charge in [-0.05, 0) is 47.5 Å². The first kappa shape index (κ1) is 13.3. The van der Waals surface area contributed by atoms with Gasteiger partial charge >= 0.3 is 6.09 Å². The Bertz CT molecular complexity index is 269. The summed E-state index contributed by atoms with van der Waals surface area (Å²) in [5.74, 6) is 0. The Kier molecular flexibility index (Phi) is 3.53.